The van der Waals surface area contributed by atoms with Crippen molar-refractivity contribution in [1.82, 2.24) is 10.2 Å². The molecule has 0 unspecified atom stereocenters. The molecule has 1 aliphatic heterocycles. The topological polar surface area (TPSA) is 54.0 Å². The average Bonchev–Trinajstić information content (AvgIpc) is 2.61. The average molecular weight is 377 g/mol. The van der Waals surface area contributed by atoms with Gasteiger partial charge in [-0.3, -0.25) is 0 Å². The first-order valence-corrected chi connectivity index (χ1v) is 10.7. The fraction of sp³-hybridized carbons (Fsp3) is 0.727. The lowest BCUT2D eigenvalue weighted by molar-refractivity contribution is 0.0649. The van der Waals surface area contributed by atoms with Crippen LogP contribution in [0.1, 0.15) is 56.9 Å². The molecule has 0 amide bonds. The number of nitrogens with zero attached hydrogens (tertiary/aromatic N) is 1. The number of rotatable bonds is 9. The monoisotopic (exact) mass is 376 g/mol. The second-order valence-corrected chi connectivity index (χ2v) is 8.02. The van der Waals surface area contributed by atoms with Gasteiger partial charge in [0, 0.05) is 30.8 Å². The molecule has 1 aliphatic carbocycles. The van der Waals surface area contributed by atoms with E-state index < -0.39 is 6.10 Å². The molecule has 1 saturated carbocycles. The van der Waals surface area contributed by atoms with Crippen molar-refractivity contribution in [2.45, 2.75) is 70.1 Å². The minimum atomic E-state index is -0.469. The maximum atomic E-state index is 10.5. The minimum Gasteiger partial charge on any atom is -0.497 e. The number of likely N-dealkylation sites (tertiary alicyclic amines) is 1. The van der Waals surface area contributed by atoms with Crippen LogP contribution >= 0.6 is 0 Å². The Morgan fingerprint density at radius 2 is 1.85 bits per heavy atom. The van der Waals surface area contributed by atoms with E-state index in [-0.39, 0.29) is 0 Å². The normalized spacial score (nSPS) is 20.4. The van der Waals surface area contributed by atoms with Crippen molar-refractivity contribution < 1.29 is 14.6 Å². The van der Waals surface area contributed by atoms with E-state index in [2.05, 4.69) is 16.3 Å². The SMILES string of the molecule is COc1ccc(CNC2CCC2)c(OC[C@H](O)CN2CCCCCCC2)c1. The minimum absolute atomic E-state index is 0.320. The summed E-state index contributed by atoms with van der Waals surface area (Å²) in [7, 11) is 1.67. The molecule has 5 nitrogen and oxygen atoms in total. The Morgan fingerprint density at radius 3 is 2.52 bits per heavy atom. The molecule has 2 fully saturated rings. The van der Waals surface area contributed by atoms with E-state index in [1.807, 2.05) is 12.1 Å². The Labute approximate surface area is 164 Å². The van der Waals surface area contributed by atoms with Gasteiger partial charge in [0.25, 0.3) is 0 Å². The zero-order valence-electron chi connectivity index (χ0n) is 16.8. The van der Waals surface area contributed by atoms with E-state index >= 15 is 0 Å². The largest absolute Gasteiger partial charge is 0.497 e. The Morgan fingerprint density at radius 1 is 1.11 bits per heavy atom. The Hall–Kier alpha value is -1.30. The fourth-order valence-electron chi connectivity index (χ4n) is 3.84. The Balaban J connectivity index is 1.51. The number of ether oxygens (including phenoxy) is 2. The van der Waals surface area contributed by atoms with Crippen LogP contribution in [-0.4, -0.2) is 55.5 Å². The van der Waals surface area contributed by atoms with Gasteiger partial charge in [0.2, 0.25) is 0 Å². The summed E-state index contributed by atoms with van der Waals surface area (Å²) in [5.41, 5.74) is 1.13. The van der Waals surface area contributed by atoms with Gasteiger partial charge in [-0.2, -0.15) is 0 Å². The van der Waals surface area contributed by atoms with E-state index in [9.17, 15) is 5.11 Å². The van der Waals surface area contributed by atoms with Crippen LogP contribution in [0.3, 0.4) is 0 Å². The molecule has 1 aromatic carbocycles. The van der Waals surface area contributed by atoms with Crippen LogP contribution in [-0.2, 0) is 6.54 Å². The molecule has 2 N–H and O–H groups in total. The maximum absolute atomic E-state index is 10.5. The maximum Gasteiger partial charge on any atom is 0.127 e. The lowest BCUT2D eigenvalue weighted by Crippen LogP contribution is -2.37. The van der Waals surface area contributed by atoms with Crippen molar-refractivity contribution in [1.29, 1.82) is 0 Å². The lowest BCUT2D eigenvalue weighted by Gasteiger charge is -2.28. The highest BCUT2D eigenvalue weighted by atomic mass is 16.5. The predicted octanol–water partition coefficient (Wildman–Crippen LogP) is 3.34. The molecular weight excluding hydrogens is 340 g/mol. The summed E-state index contributed by atoms with van der Waals surface area (Å²) in [4.78, 5) is 2.39. The number of benzene rings is 1. The van der Waals surface area contributed by atoms with Crippen molar-refractivity contribution in [3.05, 3.63) is 23.8 Å². The molecule has 1 heterocycles. The first-order chi connectivity index (χ1) is 13.2. The van der Waals surface area contributed by atoms with Crippen molar-refractivity contribution in [2.24, 2.45) is 0 Å². The molecule has 1 saturated heterocycles. The van der Waals surface area contributed by atoms with E-state index in [4.69, 9.17) is 9.47 Å². The first kappa shape index (κ1) is 20.4. The molecule has 0 radical (unpaired) electrons. The highest BCUT2D eigenvalue weighted by molar-refractivity contribution is 5.40. The van der Waals surface area contributed by atoms with Crippen molar-refractivity contribution in [3.63, 3.8) is 0 Å². The van der Waals surface area contributed by atoms with Gasteiger partial charge in [0.1, 0.15) is 24.2 Å². The van der Waals surface area contributed by atoms with Gasteiger partial charge in [-0.15, -0.1) is 0 Å². The van der Waals surface area contributed by atoms with Crippen LogP contribution in [0.4, 0.5) is 0 Å². The van der Waals surface area contributed by atoms with Crippen LogP contribution in [0, 0.1) is 0 Å². The number of β-amino-alcohol motifs (C(OH)–C–C–N with tert-alkyl or cyclic N) is 1. The fourth-order valence-corrected chi connectivity index (χ4v) is 3.84. The number of hydrogen-bond donors (Lipinski definition) is 2. The molecule has 2 aliphatic rings. The molecule has 0 aromatic heterocycles. The predicted molar refractivity (Wildman–Crippen MR) is 108 cm³/mol. The summed E-state index contributed by atoms with van der Waals surface area (Å²) in [6.07, 6.45) is 9.83. The number of aliphatic hydroxyl groups excluding tert-OH is 1. The zero-order chi connectivity index (χ0) is 18.9. The summed E-state index contributed by atoms with van der Waals surface area (Å²) in [6, 6.07) is 6.60. The third-order valence-corrected chi connectivity index (χ3v) is 5.81. The molecular formula is C22H36N2O3. The summed E-state index contributed by atoms with van der Waals surface area (Å²) in [5.74, 6) is 1.60. The lowest BCUT2D eigenvalue weighted by atomic mass is 9.93. The highest BCUT2D eigenvalue weighted by Gasteiger charge is 2.18. The van der Waals surface area contributed by atoms with E-state index in [1.165, 1.54) is 51.4 Å². The molecule has 0 bridgehead atoms. The first-order valence-electron chi connectivity index (χ1n) is 10.7. The Bertz CT molecular complexity index is 554. The Kier molecular flexibility index (Phi) is 8.24. The van der Waals surface area contributed by atoms with Crippen LogP contribution in [0.25, 0.3) is 0 Å². The molecule has 1 aromatic rings. The van der Waals surface area contributed by atoms with Crippen molar-refractivity contribution in [3.8, 4) is 11.5 Å². The molecule has 1 atom stereocenters. The van der Waals surface area contributed by atoms with Gasteiger partial charge in [-0.05, 0) is 44.8 Å². The van der Waals surface area contributed by atoms with Gasteiger partial charge < -0.3 is 24.8 Å². The van der Waals surface area contributed by atoms with Crippen LogP contribution in [0.2, 0.25) is 0 Å². The van der Waals surface area contributed by atoms with Crippen LogP contribution < -0.4 is 14.8 Å². The molecule has 152 valence electrons. The summed E-state index contributed by atoms with van der Waals surface area (Å²) in [6.45, 7) is 3.99. The standard InChI is InChI=1S/C22H36N2O3/c1-26-21-11-10-18(15-23-19-8-7-9-19)22(14-21)27-17-20(25)16-24-12-5-3-2-4-6-13-24/h10-11,14,19-20,23,25H,2-9,12-13,15-17H2,1H3/t20-/m1/s1. The third-order valence-electron chi connectivity index (χ3n) is 5.81. The number of hydrogen-bond acceptors (Lipinski definition) is 5. The van der Waals surface area contributed by atoms with Crippen molar-refractivity contribution in [2.75, 3.05) is 33.4 Å². The quantitative estimate of drug-likeness (QED) is 0.692. The van der Waals surface area contributed by atoms with Gasteiger partial charge in [-0.25, -0.2) is 0 Å². The molecule has 0 spiro atoms. The summed E-state index contributed by atoms with van der Waals surface area (Å²) >= 11 is 0. The number of aliphatic hydroxyl groups is 1. The second-order valence-electron chi connectivity index (χ2n) is 8.02. The summed E-state index contributed by atoms with van der Waals surface area (Å²) < 4.78 is 11.4. The number of nitrogens with one attached hydrogen (secondary N) is 1. The van der Waals surface area contributed by atoms with Crippen LogP contribution in [0.15, 0.2) is 18.2 Å². The van der Waals surface area contributed by atoms with Crippen LogP contribution in [0.5, 0.6) is 11.5 Å². The highest BCUT2D eigenvalue weighted by Crippen LogP contribution is 2.26. The molecule has 5 heteroatoms. The number of methoxy groups -OCH3 is 1. The smallest absolute Gasteiger partial charge is 0.127 e. The molecule has 3 rings (SSSR count). The van der Waals surface area contributed by atoms with E-state index in [0.29, 0.717) is 19.2 Å². The third kappa shape index (κ3) is 6.66. The van der Waals surface area contributed by atoms with Gasteiger partial charge in [-0.1, -0.05) is 31.7 Å². The second kappa shape index (κ2) is 10.9. The van der Waals surface area contributed by atoms with Crippen molar-refractivity contribution >= 4 is 0 Å². The zero-order valence-corrected chi connectivity index (χ0v) is 16.8. The van der Waals surface area contributed by atoms with E-state index in [1.54, 1.807) is 7.11 Å². The van der Waals surface area contributed by atoms with Gasteiger partial charge >= 0.3 is 0 Å². The molecule has 27 heavy (non-hydrogen) atoms. The van der Waals surface area contributed by atoms with Gasteiger partial charge in [0.15, 0.2) is 0 Å². The van der Waals surface area contributed by atoms with Gasteiger partial charge in [0.05, 0.1) is 7.11 Å². The van der Waals surface area contributed by atoms with E-state index in [0.717, 1.165) is 36.7 Å². The summed E-state index contributed by atoms with van der Waals surface area (Å²) in [5, 5.41) is 14.1.